The predicted octanol–water partition coefficient (Wildman–Crippen LogP) is 2.64. The summed E-state index contributed by atoms with van der Waals surface area (Å²) in [5.41, 5.74) is 0.781. The number of ether oxygens (including phenoxy) is 1. The van der Waals surface area contributed by atoms with E-state index in [-0.39, 0.29) is 6.54 Å². The Morgan fingerprint density at radius 1 is 1.33 bits per heavy atom. The molecule has 0 aromatic heterocycles. The lowest BCUT2D eigenvalue weighted by atomic mass is 10.1. The Bertz CT molecular complexity index is 340. The number of aliphatic hydroxyl groups excluding tert-OH is 1. The van der Waals surface area contributed by atoms with Crippen molar-refractivity contribution in [3.05, 3.63) is 35.9 Å². The molecule has 0 heterocycles. The monoisotopic (exact) mass is 251 g/mol. The van der Waals surface area contributed by atoms with Crippen molar-refractivity contribution in [2.75, 3.05) is 13.2 Å². The zero-order chi connectivity index (χ0) is 13.2. The van der Waals surface area contributed by atoms with Crippen LogP contribution in [0.15, 0.2) is 30.3 Å². The van der Waals surface area contributed by atoms with E-state index in [1.54, 1.807) is 0 Å². The highest BCUT2D eigenvalue weighted by Gasteiger charge is 2.09. The number of aliphatic hydroxyl groups is 1. The lowest BCUT2D eigenvalue weighted by Gasteiger charge is -2.12. The van der Waals surface area contributed by atoms with E-state index in [4.69, 9.17) is 4.74 Å². The molecular weight excluding hydrogens is 230 g/mol. The molecule has 1 atom stereocenters. The van der Waals surface area contributed by atoms with Gasteiger partial charge < -0.3 is 15.2 Å². The van der Waals surface area contributed by atoms with Crippen molar-refractivity contribution in [3.63, 3.8) is 0 Å². The van der Waals surface area contributed by atoms with Gasteiger partial charge in [-0.25, -0.2) is 4.79 Å². The first-order chi connectivity index (χ1) is 8.74. The summed E-state index contributed by atoms with van der Waals surface area (Å²) < 4.78 is 4.97. The van der Waals surface area contributed by atoms with E-state index >= 15 is 0 Å². The largest absolute Gasteiger partial charge is 0.450 e. The molecule has 0 fully saturated rings. The fourth-order valence-corrected chi connectivity index (χ4v) is 1.54. The van der Waals surface area contributed by atoms with E-state index in [1.807, 2.05) is 30.3 Å². The highest BCUT2D eigenvalue weighted by atomic mass is 16.5. The minimum Gasteiger partial charge on any atom is -0.450 e. The van der Waals surface area contributed by atoms with Crippen molar-refractivity contribution < 1.29 is 14.6 Å². The van der Waals surface area contributed by atoms with Gasteiger partial charge in [0.1, 0.15) is 0 Å². The van der Waals surface area contributed by atoms with Crippen LogP contribution in [0.25, 0.3) is 0 Å². The van der Waals surface area contributed by atoms with Gasteiger partial charge in [0, 0.05) is 0 Å². The molecule has 4 nitrogen and oxygen atoms in total. The van der Waals surface area contributed by atoms with E-state index < -0.39 is 12.2 Å². The Kier molecular flexibility index (Phi) is 6.87. The van der Waals surface area contributed by atoms with Gasteiger partial charge in [0.2, 0.25) is 0 Å². The molecule has 0 unspecified atom stereocenters. The summed E-state index contributed by atoms with van der Waals surface area (Å²) in [5, 5.41) is 12.4. The first-order valence-electron chi connectivity index (χ1n) is 6.37. The smallest absolute Gasteiger partial charge is 0.407 e. The highest BCUT2D eigenvalue weighted by molar-refractivity contribution is 5.67. The molecule has 100 valence electrons. The first kappa shape index (κ1) is 14.5. The molecule has 18 heavy (non-hydrogen) atoms. The number of rotatable bonds is 7. The Hall–Kier alpha value is -1.55. The number of hydrogen-bond donors (Lipinski definition) is 2. The molecule has 1 aromatic rings. The standard InChI is InChI=1S/C14H21NO3/c1-2-3-7-10-18-14(17)15-11-13(16)12-8-5-4-6-9-12/h4-6,8-9,13,16H,2-3,7,10-11H2,1H3,(H,15,17)/t13-/m0/s1. The SMILES string of the molecule is CCCCCOC(=O)NC[C@H](O)c1ccccc1. The normalized spacial score (nSPS) is 11.9. The van der Waals surface area contributed by atoms with Gasteiger partial charge in [-0.3, -0.25) is 0 Å². The molecule has 0 spiro atoms. The van der Waals surface area contributed by atoms with Gasteiger partial charge in [-0.2, -0.15) is 0 Å². The first-order valence-corrected chi connectivity index (χ1v) is 6.37. The summed E-state index contributed by atoms with van der Waals surface area (Å²) in [5.74, 6) is 0. The van der Waals surface area contributed by atoms with Crippen LogP contribution in [0, 0.1) is 0 Å². The molecule has 0 bridgehead atoms. The van der Waals surface area contributed by atoms with Crippen LogP contribution in [0.3, 0.4) is 0 Å². The van der Waals surface area contributed by atoms with Gasteiger partial charge >= 0.3 is 6.09 Å². The zero-order valence-corrected chi connectivity index (χ0v) is 10.8. The van der Waals surface area contributed by atoms with Gasteiger partial charge in [-0.05, 0) is 12.0 Å². The maximum absolute atomic E-state index is 11.3. The maximum Gasteiger partial charge on any atom is 0.407 e. The van der Waals surface area contributed by atoms with Gasteiger partial charge in [-0.1, -0.05) is 50.1 Å². The topological polar surface area (TPSA) is 58.6 Å². The number of unbranched alkanes of at least 4 members (excludes halogenated alkanes) is 2. The summed E-state index contributed by atoms with van der Waals surface area (Å²) >= 11 is 0. The second-order valence-electron chi connectivity index (χ2n) is 4.15. The molecule has 1 amide bonds. The minimum absolute atomic E-state index is 0.163. The van der Waals surface area contributed by atoms with Crippen LogP contribution in [0.5, 0.6) is 0 Å². The summed E-state index contributed by atoms with van der Waals surface area (Å²) in [6.45, 7) is 2.69. The second kappa shape index (κ2) is 8.53. The van der Waals surface area contributed by atoms with Gasteiger partial charge in [0.25, 0.3) is 0 Å². The van der Waals surface area contributed by atoms with Crippen molar-refractivity contribution in [1.29, 1.82) is 0 Å². The molecule has 0 aliphatic carbocycles. The molecule has 0 radical (unpaired) electrons. The van der Waals surface area contributed by atoms with Crippen molar-refractivity contribution in [3.8, 4) is 0 Å². The average molecular weight is 251 g/mol. The van der Waals surface area contributed by atoms with Crippen LogP contribution in [0.2, 0.25) is 0 Å². The molecule has 0 aliphatic rings. The molecular formula is C14H21NO3. The number of benzene rings is 1. The summed E-state index contributed by atoms with van der Waals surface area (Å²) in [6.07, 6.45) is 1.86. The summed E-state index contributed by atoms with van der Waals surface area (Å²) in [6, 6.07) is 9.22. The number of carbonyl (C=O) groups is 1. The van der Waals surface area contributed by atoms with Crippen LogP contribution < -0.4 is 5.32 Å². The van der Waals surface area contributed by atoms with E-state index in [9.17, 15) is 9.90 Å². The maximum atomic E-state index is 11.3. The number of amides is 1. The number of alkyl carbamates (subject to hydrolysis) is 1. The molecule has 2 N–H and O–H groups in total. The predicted molar refractivity (Wildman–Crippen MR) is 70.3 cm³/mol. The Morgan fingerprint density at radius 2 is 2.06 bits per heavy atom. The fraction of sp³-hybridized carbons (Fsp3) is 0.500. The molecule has 0 saturated carbocycles. The van der Waals surface area contributed by atoms with E-state index in [1.165, 1.54) is 0 Å². The average Bonchev–Trinajstić information content (AvgIpc) is 2.42. The van der Waals surface area contributed by atoms with Crippen LogP contribution in [0.1, 0.15) is 37.9 Å². The third-order valence-corrected chi connectivity index (χ3v) is 2.61. The van der Waals surface area contributed by atoms with Crippen molar-refractivity contribution in [2.45, 2.75) is 32.3 Å². The lowest BCUT2D eigenvalue weighted by Crippen LogP contribution is -2.29. The third kappa shape index (κ3) is 5.68. The molecule has 0 aliphatic heterocycles. The van der Waals surface area contributed by atoms with Gasteiger partial charge in [-0.15, -0.1) is 0 Å². The zero-order valence-electron chi connectivity index (χ0n) is 10.8. The molecule has 1 aromatic carbocycles. The van der Waals surface area contributed by atoms with Crippen molar-refractivity contribution >= 4 is 6.09 Å². The van der Waals surface area contributed by atoms with Crippen LogP contribution in [-0.2, 0) is 4.74 Å². The van der Waals surface area contributed by atoms with Crippen LogP contribution in [0.4, 0.5) is 4.79 Å². The van der Waals surface area contributed by atoms with E-state index in [2.05, 4.69) is 12.2 Å². The minimum atomic E-state index is -0.700. The van der Waals surface area contributed by atoms with Crippen molar-refractivity contribution in [1.82, 2.24) is 5.32 Å². The van der Waals surface area contributed by atoms with Gasteiger partial charge in [0.05, 0.1) is 19.3 Å². The van der Waals surface area contributed by atoms with E-state index in [0.29, 0.717) is 6.61 Å². The quantitative estimate of drug-likeness (QED) is 0.732. The Labute approximate surface area is 108 Å². The molecule has 1 rings (SSSR count). The number of carbonyl (C=O) groups excluding carboxylic acids is 1. The van der Waals surface area contributed by atoms with E-state index in [0.717, 1.165) is 24.8 Å². The Balaban J connectivity index is 2.18. The van der Waals surface area contributed by atoms with Crippen LogP contribution >= 0.6 is 0 Å². The summed E-state index contributed by atoms with van der Waals surface area (Å²) in [7, 11) is 0. The van der Waals surface area contributed by atoms with Crippen LogP contribution in [-0.4, -0.2) is 24.4 Å². The Morgan fingerprint density at radius 3 is 2.72 bits per heavy atom. The lowest BCUT2D eigenvalue weighted by molar-refractivity contribution is 0.129. The molecule has 4 heteroatoms. The van der Waals surface area contributed by atoms with Crippen molar-refractivity contribution in [2.24, 2.45) is 0 Å². The molecule has 0 saturated heterocycles. The summed E-state index contributed by atoms with van der Waals surface area (Å²) in [4.78, 5) is 11.3. The second-order valence-corrected chi connectivity index (χ2v) is 4.15. The number of nitrogens with one attached hydrogen (secondary N) is 1. The third-order valence-electron chi connectivity index (χ3n) is 2.61. The van der Waals surface area contributed by atoms with Gasteiger partial charge in [0.15, 0.2) is 0 Å². The fourth-order valence-electron chi connectivity index (χ4n) is 1.54. The highest BCUT2D eigenvalue weighted by Crippen LogP contribution is 2.10. The number of hydrogen-bond acceptors (Lipinski definition) is 3.